The highest BCUT2D eigenvalue weighted by Gasteiger charge is 2.47. The van der Waals surface area contributed by atoms with Crippen molar-refractivity contribution in [1.29, 1.82) is 0 Å². The zero-order valence-corrected chi connectivity index (χ0v) is 22.3. The molecule has 3 aromatic rings. The van der Waals surface area contributed by atoms with Crippen LogP contribution in [0.4, 0.5) is 0 Å². The van der Waals surface area contributed by atoms with E-state index in [1.807, 2.05) is 0 Å². The first-order valence-electron chi connectivity index (χ1n) is 13.0. The van der Waals surface area contributed by atoms with Crippen LogP contribution in [0.2, 0.25) is 0 Å². The van der Waals surface area contributed by atoms with Crippen molar-refractivity contribution in [3.63, 3.8) is 0 Å². The van der Waals surface area contributed by atoms with E-state index in [0.717, 1.165) is 24.3 Å². The van der Waals surface area contributed by atoms with Gasteiger partial charge in [-0.3, -0.25) is 4.79 Å². The number of aliphatic hydroxyl groups excluding tert-OH is 6. The largest absolute Gasteiger partial charge is 0.508 e. The first-order valence-corrected chi connectivity index (χ1v) is 13.0. The molecule has 234 valence electrons. The van der Waals surface area contributed by atoms with Crippen molar-refractivity contribution in [2.75, 3.05) is 6.61 Å². The SMILES string of the molecule is C[C@@H]1O[C@@H](OC[C@H]2O[C@@H](Oc3c(-c4ccc(O)c(O)c4)oc4cc(O)cc(O)c4c3=O)[C@@H](O)[C@H](O)[C@@H]2O)[C@@H](O)[C@H](O)[C@H]1O. The number of benzene rings is 2. The second kappa shape index (κ2) is 11.8. The van der Waals surface area contributed by atoms with E-state index in [0.29, 0.717) is 0 Å². The van der Waals surface area contributed by atoms with E-state index in [9.17, 15) is 55.9 Å². The summed E-state index contributed by atoms with van der Waals surface area (Å²) in [6, 6.07) is 5.24. The number of ether oxygens (including phenoxy) is 4. The van der Waals surface area contributed by atoms with Crippen LogP contribution in [-0.2, 0) is 14.2 Å². The van der Waals surface area contributed by atoms with Gasteiger partial charge in [-0.1, -0.05) is 0 Å². The number of fused-ring (bicyclic) bond motifs is 1. The van der Waals surface area contributed by atoms with Gasteiger partial charge >= 0.3 is 0 Å². The van der Waals surface area contributed by atoms with Crippen molar-refractivity contribution in [1.82, 2.24) is 0 Å². The van der Waals surface area contributed by atoms with E-state index in [1.54, 1.807) is 0 Å². The zero-order valence-electron chi connectivity index (χ0n) is 22.3. The topological polar surface area (TPSA) is 269 Å². The molecule has 2 aliphatic rings. The quantitative estimate of drug-likeness (QED) is 0.140. The lowest BCUT2D eigenvalue weighted by Crippen LogP contribution is -2.61. The van der Waals surface area contributed by atoms with Gasteiger partial charge in [0.2, 0.25) is 17.5 Å². The number of phenolic OH excluding ortho intramolecular Hbond substituents is 4. The average molecular weight is 611 g/mol. The molecule has 0 saturated carbocycles. The van der Waals surface area contributed by atoms with Gasteiger partial charge in [-0.05, 0) is 25.1 Å². The van der Waals surface area contributed by atoms with Gasteiger partial charge in [0.05, 0.1) is 12.7 Å². The smallest absolute Gasteiger partial charge is 0.239 e. The third-order valence-corrected chi connectivity index (χ3v) is 7.29. The summed E-state index contributed by atoms with van der Waals surface area (Å²) in [5, 5.41) is 101. The van der Waals surface area contributed by atoms with Gasteiger partial charge in [0.1, 0.15) is 65.2 Å². The molecule has 2 saturated heterocycles. The molecule has 5 rings (SSSR count). The Hall–Kier alpha value is -3.71. The molecule has 0 amide bonds. The van der Waals surface area contributed by atoms with E-state index < -0.39 is 113 Å². The Morgan fingerprint density at radius 2 is 1.42 bits per heavy atom. The van der Waals surface area contributed by atoms with Gasteiger partial charge in [-0.25, -0.2) is 0 Å². The van der Waals surface area contributed by atoms with Gasteiger partial charge < -0.3 is 74.4 Å². The van der Waals surface area contributed by atoms with Crippen molar-refractivity contribution in [2.45, 2.75) is 68.3 Å². The molecule has 2 fully saturated rings. The van der Waals surface area contributed by atoms with Crippen LogP contribution in [0.1, 0.15) is 6.92 Å². The molecular weight excluding hydrogens is 580 g/mol. The average Bonchev–Trinajstić information content (AvgIpc) is 2.96. The normalized spacial score (nSPS) is 33.0. The molecule has 10 atom stereocenters. The molecule has 0 aliphatic carbocycles. The van der Waals surface area contributed by atoms with Crippen LogP contribution in [0.25, 0.3) is 22.3 Å². The number of aromatic hydroxyl groups is 4. The van der Waals surface area contributed by atoms with Crippen LogP contribution >= 0.6 is 0 Å². The molecule has 2 aromatic carbocycles. The highest BCUT2D eigenvalue weighted by atomic mass is 16.7. The summed E-state index contributed by atoms with van der Waals surface area (Å²) in [5.74, 6) is -3.33. The van der Waals surface area contributed by atoms with Gasteiger partial charge in [-0.15, -0.1) is 0 Å². The Morgan fingerprint density at radius 1 is 0.744 bits per heavy atom. The third-order valence-electron chi connectivity index (χ3n) is 7.29. The minimum Gasteiger partial charge on any atom is -0.508 e. The van der Waals surface area contributed by atoms with Crippen LogP contribution in [0.5, 0.6) is 28.7 Å². The molecule has 16 nitrogen and oxygen atoms in total. The molecule has 0 spiro atoms. The maximum absolute atomic E-state index is 13.6. The maximum Gasteiger partial charge on any atom is 0.239 e. The van der Waals surface area contributed by atoms with Gasteiger partial charge in [0.25, 0.3) is 0 Å². The van der Waals surface area contributed by atoms with Gasteiger partial charge in [-0.2, -0.15) is 0 Å². The standard InChI is InChI=1S/C27H30O16/c1-8-17(32)20(35)22(37)26(40-8)39-7-15-18(33)21(36)23(38)27(42-15)43-25-19(34)16-13(31)5-10(28)6-14(16)41-24(25)9-2-3-11(29)12(30)4-9/h2-6,8,15,17-18,20-23,26-33,35-38H,7H2,1H3/t8-,15+,17-,18+,20+,21+,22-,23-,26+,27-/m0/s1. The van der Waals surface area contributed by atoms with Crippen molar-refractivity contribution in [2.24, 2.45) is 0 Å². The molecule has 10 N–H and O–H groups in total. The highest BCUT2D eigenvalue weighted by molar-refractivity contribution is 5.88. The third kappa shape index (κ3) is 5.67. The Balaban J connectivity index is 1.48. The molecule has 0 bridgehead atoms. The lowest BCUT2D eigenvalue weighted by molar-refractivity contribution is -0.318. The minimum absolute atomic E-state index is 0.0313. The number of phenols is 4. The fourth-order valence-corrected chi connectivity index (χ4v) is 4.84. The number of hydrogen-bond acceptors (Lipinski definition) is 16. The fraction of sp³-hybridized carbons (Fsp3) is 0.444. The molecule has 43 heavy (non-hydrogen) atoms. The molecule has 0 radical (unpaired) electrons. The second-order valence-electron chi connectivity index (χ2n) is 10.3. The first kappa shape index (κ1) is 30.7. The van der Waals surface area contributed by atoms with E-state index in [-0.39, 0.29) is 11.1 Å². The lowest BCUT2D eigenvalue weighted by atomic mass is 9.98. The Morgan fingerprint density at radius 3 is 2.12 bits per heavy atom. The Bertz CT molecular complexity index is 1540. The predicted molar refractivity (Wildman–Crippen MR) is 140 cm³/mol. The van der Waals surface area contributed by atoms with E-state index in [4.69, 9.17) is 23.4 Å². The van der Waals surface area contributed by atoms with Crippen LogP contribution < -0.4 is 10.2 Å². The predicted octanol–water partition coefficient (Wildman–Crippen LogP) is -1.69. The number of rotatable bonds is 6. The van der Waals surface area contributed by atoms with Crippen molar-refractivity contribution < 1.29 is 74.4 Å². The zero-order chi connectivity index (χ0) is 31.3. The van der Waals surface area contributed by atoms with Crippen LogP contribution in [0, 0.1) is 0 Å². The molecule has 3 heterocycles. The molecule has 1 aromatic heterocycles. The van der Waals surface area contributed by atoms with Crippen molar-refractivity contribution in [3.05, 3.63) is 40.6 Å². The summed E-state index contributed by atoms with van der Waals surface area (Å²) >= 11 is 0. The molecule has 0 unspecified atom stereocenters. The summed E-state index contributed by atoms with van der Waals surface area (Å²) in [4.78, 5) is 13.6. The Kier molecular flexibility index (Phi) is 8.41. The number of hydrogen-bond donors (Lipinski definition) is 10. The summed E-state index contributed by atoms with van der Waals surface area (Å²) < 4.78 is 27.8. The minimum atomic E-state index is -1.97. The summed E-state index contributed by atoms with van der Waals surface area (Å²) in [6.07, 6.45) is -16.2. The maximum atomic E-state index is 13.6. The highest BCUT2D eigenvalue weighted by Crippen LogP contribution is 2.39. The van der Waals surface area contributed by atoms with E-state index in [1.165, 1.54) is 13.0 Å². The number of aliphatic hydroxyl groups is 6. The van der Waals surface area contributed by atoms with Crippen LogP contribution in [0.3, 0.4) is 0 Å². The second-order valence-corrected chi connectivity index (χ2v) is 10.3. The summed E-state index contributed by atoms with van der Waals surface area (Å²) in [6.45, 7) is 0.818. The fourth-order valence-electron chi connectivity index (χ4n) is 4.84. The van der Waals surface area contributed by atoms with Crippen molar-refractivity contribution >= 4 is 11.0 Å². The van der Waals surface area contributed by atoms with E-state index in [2.05, 4.69) is 0 Å². The van der Waals surface area contributed by atoms with E-state index >= 15 is 0 Å². The van der Waals surface area contributed by atoms with Crippen LogP contribution in [-0.4, -0.2) is 119 Å². The molecule has 2 aliphatic heterocycles. The first-order chi connectivity index (χ1) is 20.3. The monoisotopic (exact) mass is 610 g/mol. The lowest BCUT2D eigenvalue weighted by Gasteiger charge is -2.42. The van der Waals surface area contributed by atoms with Crippen LogP contribution in [0.15, 0.2) is 39.5 Å². The summed E-state index contributed by atoms with van der Waals surface area (Å²) in [7, 11) is 0. The molecule has 16 heteroatoms. The molecular formula is C27H30O16. The summed E-state index contributed by atoms with van der Waals surface area (Å²) in [5.41, 5.74) is -1.35. The Labute approximate surface area is 241 Å². The van der Waals surface area contributed by atoms with Gasteiger partial charge in [0.15, 0.2) is 23.5 Å². The van der Waals surface area contributed by atoms with Crippen molar-refractivity contribution in [3.8, 4) is 40.1 Å². The van der Waals surface area contributed by atoms with Gasteiger partial charge in [0, 0.05) is 17.7 Å².